The van der Waals surface area contributed by atoms with Crippen LogP contribution in [0.3, 0.4) is 0 Å². The SMILES string of the molecule is Cc1cccc(-c2[nH]c(C(C)(C)C)nc2C2=CC3=CNON3C=C2)n1. The Bertz CT molecular complexity index is 914. The van der Waals surface area contributed by atoms with Gasteiger partial charge in [-0.2, -0.15) is 4.94 Å². The number of nitrogens with one attached hydrogen (secondary N) is 2. The molecule has 4 rings (SSSR count). The smallest absolute Gasteiger partial charge is 0.112 e. The third kappa shape index (κ3) is 2.85. The molecular formula is C19H21N5O. The van der Waals surface area contributed by atoms with Crippen molar-refractivity contribution in [1.82, 2.24) is 25.5 Å². The van der Waals surface area contributed by atoms with Crippen molar-refractivity contribution in [3.63, 3.8) is 0 Å². The van der Waals surface area contributed by atoms with Crippen LogP contribution in [0.5, 0.6) is 0 Å². The van der Waals surface area contributed by atoms with E-state index in [-0.39, 0.29) is 5.41 Å². The Hall–Kier alpha value is -2.86. The summed E-state index contributed by atoms with van der Waals surface area (Å²) in [5, 5.41) is 1.67. The zero-order chi connectivity index (χ0) is 17.6. The van der Waals surface area contributed by atoms with Crippen LogP contribution in [-0.4, -0.2) is 20.0 Å². The van der Waals surface area contributed by atoms with E-state index in [0.29, 0.717) is 0 Å². The molecule has 2 N–H and O–H groups in total. The lowest BCUT2D eigenvalue weighted by molar-refractivity contribution is -0.112. The number of H-pyrrole nitrogens is 1. The Balaban J connectivity index is 1.86. The topological polar surface area (TPSA) is 66.1 Å². The number of rotatable bonds is 2. The van der Waals surface area contributed by atoms with Gasteiger partial charge < -0.3 is 4.98 Å². The predicted molar refractivity (Wildman–Crippen MR) is 96.5 cm³/mol. The Kier molecular flexibility index (Phi) is 3.51. The number of imidazole rings is 1. The highest BCUT2D eigenvalue weighted by Gasteiger charge is 2.25. The number of aromatic nitrogens is 3. The van der Waals surface area contributed by atoms with Crippen LogP contribution in [0.2, 0.25) is 0 Å². The molecule has 25 heavy (non-hydrogen) atoms. The molecule has 6 heteroatoms. The van der Waals surface area contributed by atoms with Crippen LogP contribution >= 0.6 is 0 Å². The molecule has 0 fully saturated rings. The first-order valence-electron chi connectivity index (χ1n) is 8.28. The molecule has 0 bridgehead atoms. The van der Waals surface area contributed by atoms with E-state index in [9.17, 15) is 0 Å². The fourth-order valence-electron chi connectivity index (χ4n) is 2.79. The summed E-state index contributed by atoms with van der Waals surface area (Å²) in [5.74, 6) is 0.937. The quantitative estimate of drug-likeness (QED) is 0.878. The highest BCUT2D eigenvalue weighted by Crippen LogP contribution is 2.33. The van der Waals surface area contributed by atoms with Crippen molar-refractivity contribution in [2.75, 3.05) is 0 Å². The summed E-state index contributed by atoms with van der Waals surface area (Å²) in [6, 6.07) is 6.02. The lowest BCUT2D eigenvalue weighted by Gasteiger charge is -2.17. The van der Waals surface area contributed by atoms with Gasteiger partial charge in [-0.3, -0.25) is 4.98 Å². The highest BCUT2D eigenvalue weighted by atomic mass is 16.8. The van der Waals surface area contributed by atoms with Crippen LogP contribution in [0.1, 0.15) is 38.0 Å². The molecule has 0 unspecified atom stereocenters. The standard InChI is InChI=1S/C19H21N5O/c1-12-6-5-7-15(21-12)17-16(22-18(23-17)19(2,3)4)13-8-9-24-14(10-13)11-20-25-24/h5-11,20H,1-4H3,(H,22,23). The van der Waals surface area contributed by atoms with Crippen molar-refractivity contribution >= 4 is 5.57 Å². The first-order valence-corrected chi connectivity index (χ1v) is 8.28. The van der Waals surface area contributed by atoms with Gasteiger partial charge in [-0.25, -0.2) is 15.5 Å². The number of hydroxylamine groups is 3. The van der Waals surface area contributed by atoms with Crippen LogP contribution < -0.4 is 5.48 Å². The minimum Gasteiger partial charge on any atom is -0.340 e. The molecule has 0 radical (unpaired) electrons. The molecule has 0 spiro atoms. The largest absolute Gasteiger partial charge is 0.340 e. The zero-order valence-electron chi connectivity index (χ0n) is 14.8. The number of hydrogen-bond donors (Lipinski definition) is 2. The van der Waals surface area contributed by atoms with Crippen molar-refractivity contribution in [3.05, 3.63) is 65.7 Å². The maximum Gasteiger partial charge on any atom is 0.112 e. The molecule has 128 valence electrons. The summed E-state index contributed by atoms with van der Waals surface area (Å²) < 4.78 is 0. The van der Waals surface area contributed by atoms with E-state index < -0.39 is 0 Å². The van der Waals surface area contributed by atoms with Crippen LogP contribution in [0.25, 0.3) is 17.0 Å². The van der Waals surface area contributed by atoms with Crippen LogP contribution in [-0.2, 0) is 10.4 Å². The van der Waals surface area contributed by atoms with Crippen molar-refractivity contribution < 1.29 is 4.94 Å². The molecule has 4 heterocycles. The second-order valence-corrected chi connectivity index (χ2v) is 7.24. The Morgan fingerprint density at radius 1 is 1.16 bits per heavy atom. The van der Waals surface area contributed by atoms with E-state index in [1.165, 1.54) is 0 Å². The Morgan fingerprint density at radius 2 is 2.00 bits per heavy atom. The average Bonchev–Trinajstić information content (AvgIpc) is 3.20. The number of aryl methyl sites for hydroxylation is 1. The van der Waals surface area contributed by atoms with Gasteiger partial charge in [0.25, 0.3) is 0 Å². The molecule has 2 aromatic rings. The van der Waals surface area contributed by atoms with Crippen LogP contribution in [0.15, 0.2) is 48.4 Å². The van der Waals surface area contributed by atoms with Gasteiger partial charge in [0.2, 0.25) is 0 Å². The van der Waals surface area contributed by atoms with Gasteiger partial charge in [-0.1, -0.05) is 26.8 Å². The van der Waals surface area contributed by atoms with Crippen LogP contribution in [0.4, 0.5) is 0 Å². The molecule has 0 aliphatic carbocycles. The molecule has 0 aromatic carbocycles. The molecule has 0 saturated heterocycles. The second-order valence-electron chi connectivity index (χ2n) is 7.24. The summed E-state index contributed by atoms with van der Waals surface area (Å²) in [7, 11) is 0. The van der Waals surface area contributed by atoms with Gasteiger partial charge in [0.1, 0.15) is 5.82 Å². The predicted octanol–water partition coefficient (Wildman–Crippen LogP) is 3.58. The molecule has 0 saturated carbocycles. The van der Waals surface area contributed by atoms with Crippen molar-refractivity contribution in [2.24, 2.45) is 0 Å². The number of nitrogens with zero attached hydrogens (tertiary/aromatic N) is 3. The van der Waals surface area contributed by atoms with E-state index in [1.807, 2.05) is 49.7 Å². The van der Waals surface area contributed by atoms with Gasteiger partial charge in [0.05, 0.1) is 29.0 Å². The summed E-state index contributed by atoms with van der Waals surface area (Å²) in [6.45, 7) is 8.43. The van der Waals surface area contributed by atoms with Gasteiger partial charge in [0, 0.05) is 22.9 Å². The van der Waals surface area contributed by atoms with E-state index in [0.717, 1.165) is 39.9 Å². The fraction of sp³-hybridized carbons (Fsp3) is 0.263. The number of aromatic amines is 1. The maximum atomic E-state index is 5.25. The zero-order valence-corrected chi connectivity index (χ0v) is 14.8. The van der Waals surface area contributed by atoms with Gasteiger partial charge in [0.15, 0.2) is 0 Å². The van der Waals surface area contributed by atoms with E-state index in [2.05, 4.69) is 36.2 Å². The van der Waals surface area contributed by atoms with Crippen molar-refractivity contribution in [1.29, 1.82) is 0 Å². The number of allylic oxidation sites excluding steroid dienone is 3. The Morgan fingerprint density at radius 3 is 2.76 bits per heavy atom. The third-order valence-corrected chi connectivity index (χ3v) is 4.14. The first-order chi connectivity index (χ1) is 11.9. The molecule has 2 aromatic heterocycles. The number of fused-ring (bicyclic) bond motifs is 1. The van der Waals surface area contributed by atoms with Crippen LogP contribution in [0, 0.1) is 6.92 Å². The third-order valence-electron chi connectivity index (χ3n) is 4.14. The molecule has 2 aliphatic rings. The summed E-state index contributed by atoms with van der Waals surface area (Å²) in [5.41, 5.74) is 8.31. The van der Waals surface area contributed by atoms with Crippen molar-refractivity contribution in [3.8, 4) is 11.4 Å². The average molecular weight is 335 g/mol. The molecule has 6 nitrogen and oxygen atoms in total. The minimum atomic E-state index is -0.0842. The molecule has 0 amide bonds. The lowest BCUT2D eigenvalue weighted by atomic mass is 9.96. The fourth-order valence-corrected chi connectivity index (χ4v) is 2.79. The normalized spacial score (nSPS) is 16.4. The van der Waals surface area contributed by atoms with E-state index >= 15 is 0 Å². The van der Waals surface area contributed by atoms with E-state index in [1.54, 1.807) is 5.06 Å². The summed E-state index contributed by atoms with van der Waals surface area (Å²) in [4.78, 5) is 18.3. The summed E-state index contributed by atoms with van der Waals surface area (Å²) >= 11 is 0. The minimum absolute atomic E-state index is 0.0842. The van der Waals surface area contributed by atoms with Gasteiger partial charge in [-0.15, -0.1) is 0 Å². The van der Waals surface area contributed by atoms with Crippen molar-refractivity contribution in [2.45, 2.75) is 33.1 Å². The lowest BCUT2D eigenvalue weighted by Crippen LogP contribution is -2.16. The number of pyridine rings is 1. The number of hydrogen-bond acceptors (Lipinski definition) is 5. The molecular weight excluding hydrogens is 314 g/mol. The van der Waals surface area contributed by atoms with E-state index in [4.69, 9.17) is 9.92 Å². The second kappa shape index (κ2) is 5.60. The molecule has 0 atom stereocenters. The highest BCUT2D eigenvalue weighted by molar-refractivity contribution is 5.83. The van der Waals surface area contributed by atoms with Gasteiger partial charge in [-0.05, 0) is 31.2 Å². The van der Waals surface area contributed by atoms with Gasteiger partial charge >= 0.3 is 0 Å². The molecule has 2 aliphatic heterocycles. The first kappa shape index (κ1) is 15.7. The monoisotopic (exact) mass is 335 g/mol. The summed E-state index contributed by atoms with van der Waals surface area (Å²) in [6.07, 6.45) is 7.72. The maximum absolute atomic E-state index is 5.25. The Labute approximate surface area is 146 Å².